The van der Waals surface area contributed by atoms with Crippen LogP contribution in [0.5, 0.6) is 5.75 Å². The Balaban J connectivity index is 1.16. The van der Waals surface area contributed by atoms with Crippen LogP contribution in [0.15, 0.2) is 72.8 Å². The molecule has 0 saturated carbocycles. The van der Waals surface area contributed by atoms with E-state index in [0.717, 1.165) is 62.4 Å². The van der Waals surface area contributed by atoms with Crippen molar-refractivity contribution in [2.45, 2.75) is 49.8 Å². The summed E-state index contributed by atoms with van der Waals surface area (Å²) in [6, 6.07) is 24.2. The van der Waals surface area contributed by atoms with E-state index in [1.54, 1.807) is 0 Å². The van der Waals surface area contributed by atoms with Gasteiger partial charge >= 0.3 is 0 Å². The van der Waals surface area contributed by atoms with E-state index in [1.807, 2.05) is 36.4 Å². The molecule has 1 amide bonds. The minimum absolute atomic E-state index is 0.0508. The number of nitrogens with one attached hydrogen (secondary N) is 1. The standard InChI is InChI=1S/C30H32N2O3/c33-27(19-21-6-2-1-3-7-21)31-28-24-8-4-5-9-25(24)30(29(28)34)13-15-32(16-14-30)20-22-10-11-26-23(18-22)12-17-35-26/h1-11,18,28-29,34H,12-17,19-20H2,(H,31,33)/t28-,29+/m0/s1. The van der Waals surface area contributed by atoms with Gasteiger partial charge in [0.1, 0.15) is 5.75 Å². The number of carbonyl (C=O) groups is 1. The van der Waals surface area contributed by atoms with Gasteiger partial charge in [-0.3, -0.25) is 9.69 Å². The Morgan fingerprint density at radius 3 is 2.60 bits per heavy atom. The van der Waals surface area contributed by atoms with Gasteiger partial charge in [0.05, 0.1) is 25.2 Å². The zero-order chi connectivity index (χ0) is 23.8. The van der Waals surface area contributed by atoms with Crippen molar-refractivity contribution in [3.63, 3.8) is 0 Å². The number of fused-ring (bicyclic) bond motifs is 3. The Bertz CT molecular complexity index is 1220. The van der Waals surface area contributed by atoms with Gasteiger partial charge in [-0.15, -0.1) is 0 Å². The number of aliphatic hydroxyl groups excluding tert-OH is 1. The van der Waals surface area contributed by atoms with Gasteiger partial charge in [0.2, 0.25) is 5.91 Å². The third-order valence-corrected chi connectivity index (χ3v) is 8.15. The van der Waals surface area contributed by atoms with E-state index in [-0.39, 0.29) is 17.4 Å². The summed E-state index contributed by atoms with van der Waals surface area (Å²) in [4.78, 5) is 15.4. The van der Waals surface area contributed by atoms with E-state index >= 15 is 0 Å². The third-order valence-electron chi connectivity index (χ3n) is 8.15. The van der Waals surface area contributed by atoms with Crippen LogP contribution >= 0.6 is 0 Å². The van der Waals surface area contributed by atoms with Crippen molar-refractivity contribution in [1.29, 1.82) is 0 Å². The maximum Gasteiger partial charge on any atom is 0.224 e. The molecule has 2 heterocycles. The summed E-state index contributed by atoms with van der Waals surface area (Å²) in [6.45, 7) is 3.54. The van der Waals surface area contributed by atoms with Crippen molar-refractivity contribution in [3.05, 3.63) is 101 Å². The van der Waals surface area contributed by atoms with Crippen molar-refractivity contribution in [2.24, 2.45) is 0 Å². The lowest BCUT2D eigenvalue weighted by Crippen LogP contribution is -2.49. The molecule has 3 aromatic rings. The van der Waals surface area contributed by atoms with Crippen LogP contribution < -0.4 is 10.1 Å². The first-order valence-corrected chi connectivity index (χ1v) is 12.7. The first-order valence-electron chi connectivity index (χ1n) is 12.7. The number of hydrogen-bond acceptors (Lipinski definition) is 4. The van der Waals surface area contributed by atoms with Crippen LogP contribution in [-0.4, -0.2) is 41.7 Å². The van der Waals surface area contributed by atoms with E-state index in [4.69, 9.17) is 4.74 Å². The topological polar surface area (TPSA) is 61.8 Å². The first-order chi connectivity index (χ1) is 17.1. The predicted molar refractivity (Wildman–Crippen MR) is 135 cm³/mol. The molecule has 3 aliphatic rings. The van der Waals surface area contributed by atoms with Gasteiger partial charge in [0.15, 0.2) is 0 Å². The molecule has 0 bridgehead atoms. The molecule has 3 aromatic carbocycles. The van der Waals surface area contributed by atoms with Crippen LogP contribution in [0, 0.1) is 0 Å². The maximum absolute atomic E-state index is 12.9. The van der Waals surface area contributed by atoms with Crippen LogP contribution in [-0.2, 0) is 29.6 Å². The summed E-state index contributed by atoms with van der Waals surface area (Å²) >= 11 is 0. The SMILES string of the molecule is O=C(Cc1ccccc1)N[C@H]1c2ccccc2C2(CCN(Cc3ccc4c(c3)CCO4)CC2)[C@@H]1O. The molecular formula is C30H32N2O3. The summed E-state index contributed by atoms with van der Waals surface area (Å²) in [5.74, 6) is 0.975. The molecule has 5 heteroatoms. The maximum atomic E-state index is 12.9. The van der Waals surface area contributed by atoms with Crippen LogP contribution in [0.4, 0.5) is 0 Å². The number of aliphatic hydroxyl groups is 1. The fraction of sp³-hybridized carbons (Fsp3) is 0.367. The number of amides is 1. The fourth-order valence-corrected chi connectivity index (χ4v) is 6.30. The van der Waals surface area contributed by atoms with Crippen molar-refractivity contribution in [1.82, 2.24) is 10.2 Å². The predicted octanol–water partition coefficient (Wildman–Crippen LogP) is 3.93. The van der Waals surface area contributed by atoms with Gasteiger partial charge in [-0.2, -0.15) is 0 Å². The van der Waals surface area contributed by atoms with Crippen molar-refractivity contribution < 1.29 is 14.6 Å². The molecule has 35 heavy (non-hydrogen) atoms. The van der Waals surface area contributed by atoms with E-state index < -0.39 is 6.10 Å². The molecule has 0 radical (unpaired) electrons. The Hall–Kier alpha value is -3.15. The fourth-order valence-electron chi connectivity index (χ4n) is 6.30. The monoisotopic (exact) mass is 468 g/mol. The van der Waals surface area contributed by atoms with Crippen molar-refractivity contribution in [3.8, 4) is 5.75 Å². The number of ether oxygens (including phenoxy) is 1. The second-order valence-electron chi connectivity index (χ2n) is 10.2. The largest absolute Gasteiger partial charge is 0.493 e. The summed E-state index contributed by atoms with van der Waals surface area (Å²) < 4.78 is 5.65. The minimum Gasteiger partial charge on any atom is -0.493 e. The molecule has 0 unspecified atom stereocenters. The molecule has 180 valence electrons. The summed E-state index contributed by atoms with van der Waals surface area (Å²) in [5.41, 5.74) is 5.56. The highest BCUT2D eigenvalue weighted by Crippen LogP contribution is 2.51. The normalized spacial score (nSPS) is 22.4. The Morgan fingerprint density at radius 1 is 1.00 bits per heavy atom. The molecule has 1 fully saturated rings. The van der Waals surface area contributed by atoms with Crippen molar-refractivity contribution >= 4 is 5.91 Å². The van der Waals surface area contributed by atoms with Crippen LogP contribution in [0.1, 0.15) is 46.7 Å². The third kappa shape index (κ3) is 4.13. The lowest BCUT2D eigenvalue weighted by atomic mass is 9.72. The first kappa shape index (κ1) is 22.3. The van der Waals surface area contributed by atoms with E-state index in [1.165, 1.54) is 16.7 Å². The quantitative estimate of drug-likeness (QED) is 0.596. The highest BCUT2D eigenvalue weighted by atomic mass is 16.5. The number of rotatable bonds is 5. The molecular weight excluding hydrogens is 436 g/mol. The number of piperidine rings is 1. The molecule has 6 rings (SSSR count). The molecule has 0 aromatic heterocycles. The van der Waals surface area contributed by atoms with Gasteiger partial charge in [-0.1, -0.05) is 66.7 Å². The molecule has 1 saturated heterocycles. The lowest BCUT2D eigenvalue weighted by Gasteiger charge is -2.43. The number of benzene rings is 3. The number of carbonyl (C=O) groups excluding carboxylic acids is 1. The van der Waals surface area contributed by atoms with Crippen molar-refractivity contribution in [2.75, 3.05) is 19.7 Å². The molecule has 2 N–H and O–H groups in total. The lowest BCUT2D eigenvalue weighted by molar-refractivity contribution is -0.122. The average Bonchev–Trinajstić information content (AvgIpc) is 3.43. The second-order valence-corrected chi connectivity index (χ2v) is 10.2. The molecule has 2 atom stereocenters. The van der Waals surface area contributed by atoms with E-state index in [2.05, 4.69) is 46.6 Å². The Morgan fingerprint density at radius 2 is 1.77 bits per heavy atom. The molecule has 5 nitrogen and oxygen atoms in total. The Kier molecular flexibility index (Phi) is 5.83. The summed E-state index contributed by atoms with van der Waals surface area (Å²) in [6.07, 6.45) is 2.44. The van der Waals surface area contributed by atoms with Gasteiger partial charge in [-0.05, 0) is 59.8 Å². The Labute approximate surface area is 206 Å². The van der Waals surface area contributed by atoms with Gasteiger partial charge in [-0.25, -0.2) is 0 Å². The van der Waals surface area contributed by atoms with E-state index in [9.17, 15) is 9.90 Å². The van der Waals surface area contributed by atoms with E-state index in [0.29, 0.717) is 6.42 Å². The second kappa shape index (κ2) is 9.14. The average molecular weight is 469 g/mol. The van der Waals surface area contributed by atoms with Gasteiger partial charge in [0, 0.05) is 18.4 Å². The van der Waals surface area contributed by atoms with Crippen LogP contribution in [0.3, 0.4) is 0 Å². The number of likely N-dealkylation sites (tertiary alicyclic amines) is 1. The highest BCUT2D eigenvalue weighted by Gasteiger charge is 2.52. The zero-order valence-corrected chi connectivity index (χ0v) is 20.0. The molecule has 1 aliphatic carbocycles. The number of nitrogens with zero attached hydrogens (tertiary/aromatic N) is 1. The minimum atomic E-state index is -0.626. The van der Waals surface area contributed by atoms with Gasteiger partial charge in [0.25, 0.3) is 0 Å². The molecule has 2 aliphatic heterocycles. The molecule has 1 spiro atoms. The van der Waals surface area contributed by atoms with Crippen LogP contribution in [0.2, 0.25) is 0 Å². The summed E-state index contributed by atoms with van der Waals surface area (Å²) in [7, 11) is 0. The zero-order valence-electron chi connectivity index (χ0n) is 20.0. The highest BCUT2D eigenvalue weighted by molar-refractivity contribution is 5.79. The van der Waals surface area contributed by atoms with Crippen LogP contribution in [0.25, 0.3) is 0 Å². The van der Waals surface area contributed by atoms with Gasteiger partial charge < -0.3 is 15.2 Å². The summed E-state index contributed by atoms with van der Waals surface area (Å²) in [5, 5.41) is 14.8. The number of hydrogen-bond donors (Lipinski definition) is 2. The smallest absolute Gasteiger partial charge is 0.224 e.